The van der Waals surface area contributed by atoms with Crippen LogP contribution in [0.4, 0.5) is 0 Å². The predicted molar refractivity (Wildman–Crippen MR) is 110 cm³/mol. The highest BCUT2D eigenvalue weighted by Crippen LogP contribution is 2.46. The van der Waals surface area contributed by atoms with Gasteiger partial charge in [-0.25, -0.2) is 0 Å². The van der Waals surface area contributed by atoms with Crippen LogP contribution in [0.5, 0.6) is 0 Å². The van der Waals surface area contributed by atoms with Crippen molar-refractivity contribution in [1.29, 1.82) is 0 Å². The number of nitrogens with zero attached hydrogens (tertiary/aromatic N) is 2. The van der Waals surface area contributed by atoms with Crippen LogP contribution in [-0.2, 0) is 11.2 Å². The van der Waals surface area contributed by atoms with Gasteiger partial charge < -0.3 is 9.80 Å². The van der Waals surface area contributed by atoms with Crippen LogP contribution in [0, 0.1) is 0 Å². The molecule has 0 saturated carbocycles. The zero-order chi connectivity index (χ0) is 19.7. The SMILES string of the molecule is CCCCN(CC)C(=O)[C@@H]1c2ccccc2C(=O)N2CCc3ccccc3[C@@H]12. The zero-order valence-corrected chi connectivity index (χ0v) is 16.7. The lowest BCUT2D eigenvalue weighted by molar-refractivity contribution is -0.134. The fourth-order valence-electron chi connectivity index (χ4n) is 4.71. The second-order valence-corrected chi connectivity index (χ2v) is 7.73. The highest BCUT2D eigenvalue weighted by Gasteiger charge is 2.46. The van der Waals surface area contributed by atoms with Crippen LogP contribution in [-0.4, -0.2) is 41.2 Å². The molecule has 2 atom stereocenters. The van der Waals surface area contributed by atoms with Crippen LogP contribution in [0.1, 0.15) is 65.7 Å². The van der Waals surface area contributed by atoms with Gasteiger partial charge in [0.25, 0.3) is 5.91 Å². The summed E-state index contributed by atoms with van der Waals surface area (Å²) in [7, 11) is 0. The van der Waals surface area contributed by atoms with E-state index in [4.69, 9.17) is 0 Å². The van der Waals surface area contributed by atoms with Gasteiger partial charge in [0.05, 0.1) is 12.0 Å². The summed E-state index contributed by atoms with van der Waals surface area (Å²) < 4.78 is 0. The molecule has 0 bridgehead atoms. The maximum Gasteiger partial charge on any atom is 0.254 e. The quantitative estimate of drug-likeness (QED) is 0.786. The van der Waals surface area contributed by atoms with E-state index < -0.39 is 0 Å². The molecule has 4 rings (SSSR count). The number of rotatable bonds is 5. The van der Waals surface area contributed by atoms with Gasteiger partial charge in [0.2, 0.25) is 5.91 Å². The van der Waals surface area contributed by atoms with Crippen molar-refractivity contribution in [3.05, 3.63) is 70.8 Å². The molecule has 0 radical (unpaired) electrons. The van der Waals surface area contributed by atoms with E-state index in [1.54, 1.807) is 0 Å². The first kappa shape index (κ1) is 18.7. The summed E-state index contributed by atoms with van der Waals surface area (Å²) in [6.45, 7) is 6.32. The molecule has 2 aromatic carbocycles. The van der Waals surface area contributed by atoms with Crippen LogP contribution in [0.15, 0.2) is 48.5 Å². The Kier molecular flexibility index (Phi) is 5.21. The Morgan fingerprint density at radius 1 is 1.07 bits per heavy atom. The Labute approximate surface area is 167 Å². The standard InChI is InChI=1S/C24H28N2O2/c1-3-5-15-25(4-2)24(28)21-19-12-8-9-13-20(19)23(27)26-16-14-17-10-6-7-11-18(17)22(21)26/h6-13,21-22H,3-5,14-16H2,1-2H3/t21-,22+/m1/s1. The van der Waals surface area contributed by atoms with Gasteiger partial charge in [-0.05, 0) is 42.5 Å². The van der Waals surface area contributed by atoms with Gasteiger partial charge in [-0.15, -0.1) is 0 Å². The van der Waals surface area contributed by atoms with Gasteiger partial charge in [-0.3, -0.25) is 9.59 Å². The number of likely N-dealkylation sites (N-methyl/N-ethyl adjacent to an activating group) is 1. The van der Waals surface area contributed by atoms with E-state index in [9.17, 15) is 9.59 Å². The number of benzene rings is 2. The van der Waals surface area contributed by atoms with Gasteiger partial charge in [-0.1, -0.05) is 55.8 Å². The molecule has 2 heterocycles. The predicted octanol–water partition coefficient (Wildman–Crippen LogP) is 4.17. The molecule has 0 saturated heterocycles. The first-order chi connectivity index (χ1) is 13.7. The minimum absolute atomic E-state index is 0.0516. The lowest BCUT2D eigenvalue weighted by atomic mass is 9.75. The van der Waals surface area contributed by atoms with Gasteiger partial charge in [0, 0.05) is 25.2 Å². The Morgan fingerprint density at radius 3 is 2.54 bits per heavy atom. The maximum absolute atomic E-state index is 13.8. The van der Waals surface area contributed by atoms with Crippen molar-refractivity contribution in [1.82, 2.24) is 9.80 Å². The lowest BCUT2D eigenvalue weighted by Gasteiger charge is -2.46. The molecule has 2 aromatic rings. The molecule has 0 aromatic heterocycles. The molecular formula is C24H28N2O2. The summed E-state index contributed by atoms with van der Waals surface area (Å²) in [5.41, 5.74) is 3.94. The summed E-state index contributed by atoms with van der Waals surface area (Å²) in [4.78, 5) is 30.9. The van der Waals surface area contributed by atoms with E-state index in [1.165, 1.54) is 5.56 Å². The third-order valence-corrected chi connectivity index (χ3v) is 6.18. The average molecular weight is 377 g/mol. The monoisotopic (exact) mass is 376 g/mol. The lowest BCUT2D eigenvalue weighted by Crippen LogP contribution is -2.50. The van der Waals surface area contributed by atoms with Crippen LogP contribution < -0.4 is 0 Å². The van der Waals surface area contributed by atoms with E-state index in [2.05, 4.69) is 19.1 Å². The van der Waals surface area contributed by atoms with Crippen molar-refractivity contribution < 1.29 is 9.59 Å². The van der Waals surface area contributed by atoms with Crippen LogP contribution in [0.25, 0.3) is 0 Å². The van der Waals surface area contributed by atoms with Crippen molar-refractivity contribution in [2.45, 2.75) is 45.1 Å². The number of fused-ring (bicyclic) bond motifs is 4. The summed E-state index contributed by atoms with van der Waals surface area (Å²) in [5.74, 6) is -0.148. The van der Waals surface area contributed by atoms with Crippen molar-refractivity contribution in [2.24, 2.45) is 0 Å². The number of carbonyl (C=O) groups is 2. The molecule has 0 unspecified atom stereocenters. The second kappa shape index (κ2) is 7.78. The summed E-state index contributed by atoms with van der Waals surface area (Å²) in [6.07, 6.45) is 2.90. The van der Waals surface area contributed by atoms with Crippen LogP contribution in [0.3, 0.4) is 0 Å². The van der Waals surface area contributed by atoms with Crippen LogP contribution in [0.2, 0.25) is 0 Å². The van der Waals surface area contributed by atoms with Crippen LogP contribution >= 0.6 is 0 Å². The first-order valence-corrected chi connectivity index (χ1v) is 10.4. The number of hydrogen-bond donors (Lipinski definition) is 0. The molecule has 146 valence electrons. The Morgan fingerprint density at radius 2 is 1.79 bits per heavy atom. The smallest absolute Gasteiger partial charge is 0.254 e. The summed E-state index contributed by atoms with van der Waals surface area (Å²) >= 11 is 0. The second-order valence-electron chi connectivity index (χ2n) is 7.73. The Balaban J connectivity index is 1.84. The summed E-state index contributed by atoms with van der Waals surface area (Å²) in [5, 5.41) is 0. The van der Waals surface area contributed by atoms with Crippen molar-refractivity contribution in [2.75, 3.05) is 19.6 Å². The van der Waals surface area contributed by atoms with Crippen molar-refractivity contribution in [3.63, 3.8) is 0 Å². The molecule has 28 heavy (non-hydrogen) atoms. The van der Waals surface area contributed by atoms with E-state index in [0.29, 0.717) is 18.7 Å². The fraction of sp³-hybridized carbons (Fsp3) is 0.417. The minimum Gasteiger partial charge on any atom is -0.342 e. The molecule has 2 amide bonds. The van der Waals surface area contributed by atoms with E-state index in [0.717, 1.165) is 36.9 Å². The third kappa shape index (κ3) is 3.01. The minimum atomic E-state index is -0.341. The highest BCUT2D eigenvalue weighted by molar-refractivity contribution is 6.01. The van der Waals surface area contributed by atoms with Crippen molar-refractivity contribution in [3.8, 4) is 0 Å². The average Bonchev–Trinajstić information content (AvgIpc) is 2.74. The van der Waals surface area contributed by atoms with E-state index in [1.807, 2.05) is 53.1 Å². The third-order valence-electron chi connectivity index (χ3n) is 6.18. The van der Waals surface area contributed by atoms with E-state index >= 15 is 0 Å². The molecule has 4 heteroatoms. The molecule has 0 N–H and O–H groups in total. The number of amides is 2. The number of hydrogen-bond acceptors (Lipinski definition) is 2. The molecular weight excluding hydrogens is 348 g/mol. The summed E-state index contributed by atoms with van der Waals surface area (Å²) in [6, 6.07) is 15.8. The van der Waals surface area contributed by atoms with Gasteiger partial charge in [0.15, 0.2) is 0 Å². The molecule has 2 aliphatic rings. The molecule has 0 spiro atoms. The molecule has 0 fully saturated rings. The maximum atomic E-state index is 13.8. The zero-order valence-electron chi connectivity index (χ0n) is 16.7. The number of unbranched alkanes of at least 4 members (excludes halogenated alkanes) is 1. The fourth-order valence-corrected chi connectivity index (χ4v) is 4.71. The van der Waals surface area contributed by atoms with Gasteiger partial charge >= 0.3 is 0 Å². The Hall–Kier alpha value is -2.62. The van der Waals surface area contributed by atoms with Gasteiger partial charge in [0.1, 0.15) is 0 Å². The molecule has 2 aliphatic heterocycles. The van der Waals surface area contributed by atoms with E-state index in [-0.39, 0.29) is 23.8 Å². The first-order valence-electron chi connectivity index (χ1n) is 10.4. The molecule has 0 aliphatic carbocycles. The number of carbonyl (C=O) groups excluding carboxylic acids is 2. The largest absolute Gasteiger partial charge is 0.342 e. The Bertz CT molecular complexity index is 892. The highest BCUT2D eigenvalue weighted by atomic mass is 16.2. The topological polar surface area (TPSA) is 40.6 Å². The molecule has 4 nitrogen and oxygen atoms in total. The van der Waals surface area contributed by atoms with Gasteiger partial charge in [-0.2, -0.15) is 0 Å². The van der Waals surface area contributed by atoms with Crippen molar-refractivity contribution >= 4 is 11.8 Å². The normalized spacial score (nSPS) is 20.2.